The summed E-state index contributed by atoms with van der Waals surface area (Å²) in [6.45, 7) is 3.68. The van der Waals surface area contributed by atoms with Crippen LogP contribution < -0.4 is 0 Å². The molecule has 4 rings (SSSR count). The second-order valence-electron chi connectivity index (χ2n) is 5.44. The maximum Gasteiger partial charge on any atom is 0.222 e. The van der Waals surface area contributed by atoms with Gasteiger partial charge in [-0.2, -0.15) is 0 Å². The number of hydrogen-bond acceptors (Lipinski definition) is 5. The summed E-state index contributed by atoms with van der Waals surface area (Å²) < 4.78 is 11.2. The predicted molar refractivity (Wildman–Crippen MR) is 71.6 cm³/mol. The molecule has 1 aliphatic heterocycles. The first-order chi connectivity index (χ1) is 9.31. The van der Waals surface area contributed by atoms with E-state index in [-0.39, 0.29) is 0 Å². The number of nitrogens with zero attached hydrogens (tertiary/aromatic N) is 2. The molecule has 1 aliphatic carbocycles. The van der Waals surface area contributed by atoms with Gasteiger partial charge in [0.2, 0.25) is 11.8 Å². The molecule has 0 bridgehead atoms. The van der Waals surface area contributed by atoms with Crippen molar-refractivity contribution in [3.63, 3.8) is 0 Å². The van der Waals surface area contributed by atoms with Gasteiger partial charge in [-0.25, -0.2) is 0 Å². The minimum atomic E-state index is 0.308. The first-order valence-corrected chi connectivity index (χ1v) is 7.60. The highest BCUT2D eigenvalue weighted by atomic mass is 32.1. The molecule has 0 N–H and O–H groups in total. The fraction of sp³-hybridized carbons (Fsp3) is 0.571. The van der Waals surface area contributed by atoms with Crippen LogP contribution in [0.15, 0.2) is 16.5 Å². The van der Waals surface area contributed by atoms with Gasteiger partial charge >= 0.3 is 0 Å². The van der Waals surface area contributed by atoms with Crippen LogP contribution in [0, 0.1) is 6.92 Å². The molecule has 3 atom stereocenters. The van der Waals surface area contributed by atoms with Gasteiger partial charge in [0.15, 0.2) is 0 Å². The molecule has 2 aromatic heterocycles. The first kappa shape index (κ1) is 11.6. The molecule has 0 spiro atoms. The van der Waals surface area contributed by atoms with E-state index in [9.17, 15) is 0 Å². The zero-order valence-electron chi connectivity index (χ0n) is 10.8. The van der Waals surface area contributed by atoms with Crippen molar-refractivity contribution in [2.24, 2.45) is 0 Å². The number of aromatic nitrogens is 2. The fourth-order valence-electron chi connectivity index (χ4n) is 2.73. The van der Waals surface area contributed by atoms with Crippen molar-refractivity contribution >= 4 is 11.3 Å². The van der Waals surface area contributed by atoms with Crippen LogP contribution in [0.1, 0.15) is 52.1 Å². The van der Waals surface area contributed by atoms with Crippen LogP contribution >= 0.6 is 11.3 Å². The highest BCUT2D eigenvalue weighted by molar-refractivity contribution is 7.12. The third-order valence-electron chi connectivity index (χ3n) is 3.97. The summed E-state index contributed by atoms with van der Waals surface area (Å²) in [6.07, 6.45) is 2.14. The van der Waals surface area contributed by atoms with Gasteiger partial charge < -0.3 is 9.15 Å². The van der Waals surface area contributed by atoms with E-state index in [1.54, 1.807) is 0 Å². The third kappa shape index (κ3) is 2.11. The quantitative estimate of drug-likeness (QED) is 0.863. The van der Waals surface area contributed by atoms with Crippen LogP contribution in [0.25, 0.3) is 0 Å². The number of thiophene rings is 1. The van der Waals surface area contributed by atoms with Gasteiger partial charge in [-0.05, 0) is 31.9 Å². The normalized spacial score (nSPS) is 29.8. The van der Waals surface area contributed by atoms with Gasteiger partial charge in [-0.15, -0.1) is 21.5 Å². The summed E-state index contributed by atoms with van der Waals surface area (Å²) in [5, 5.41) is 8.44. The molecule has 5 heteroatoms. The van der Waals surface area contributed by atoms with Crippen molar-refractivity contribution in [1.82, 2.24) is 10.2 Å². The number of aryl methyl sites for hydroxylation is 1. The van der Waals surface area contributed by atoms with Crippen LogP contribution in [0.2, 0.25) is 0 Å². The van der Waals surface area contributed by atoms with Gasteiger partial charge in [0, 0.05) is 28.2 Å². The molecule has 3 heterocycles. The molecule has 1 saturated carbocycles. The predicted octanol–water partition coefficient (Wildman–Crippen LogP) is 3.21. The number of ether oxygens (including phenoxy) is 1. The molecule has 0 unspecified atom stereocenters. The van der Waals surface area contributed by atoms with E-state index >= 15 is 0 Å². The Morgan fingerprint density at radius 1 is 1.21 bits per heavy atom. The maximum absolute atomic E-state index is 5.85. The molecule has 2 fully saturated rings. The zero-order chi connectivity index (χ0) is 12.8. The van der Waals surface area contributed by atoms with E-state index in [4.69, 9.17) is 9.15 Å². The van der Waals surface area contributed by atoms with Crippen LogP contribution in [-0.2, 0) is 4.74 Å². The summed E-state index contributed by atoms with van der Waals surface area (Å²) in [6, 6.07) is 4.41. The van der Waals surface area contributed by atoms with E-state index in [0.717, 1.165) is 37.8 Å². The second kappa shape index (κ2) is 4.42. The minimum absolute atomic E-state index is 0.308. The average Bonchev–Trinajstić information content (AvgIpc) is 2.86. The topological polar surface area (TPSA) is 48.2 Å². The Kier molecular flexibility index (Phi) is 2.70. The summed E-state index contributed by atoms with van der Waals surface area (Å²) in [7, 11) is 0. The van der Waals surface area contributed by atoms with Crippen LogP contribution in [0.5, 0.6) is 0 Å². The van der Waals surface area contributed by atoms with Crippen LogP contribution in [0.4, 0.5) is 0 Å². The SMILES string of the molecule is Cc1ccc([C@@H]2C[C@@H]2c2nnc([C@@H]3CCOC3)o2)s1. The lowest BCUT2D eigenvalue weighted by Crippen LogP contribution is -1.97. The molecular formula is C14H16N2O2S. The molecule has 0 amide bonds. The van der Waals surface area contributed by atoms with Gasteiger partial charge in [0.05, 0.1) is 12.5 Å². The molecule has 2 aromatic rings. The van der Waals surface area contributed by atoms with Crippen molar-refractivity contribution in [2.45, 2.75) is 37.5 Å². The Bertz CT molecular complexity index is 586. The molecule has 100 valence electrons. The lowest BCUT2D eigenvalue weighted by molar-refractivity contribution is 0.190. The standard InChI is InChI=1S/C14H16N2O2S/c1-8-2-3-12(19-8)10-6-11(10)14-16-15-13(18-14)9-4-5-17-7-9/h2-3,9-11H,4-7H2,1H3/t9-,10-,11+/m1/s1. The van der Waals surface area contributed by atoms with E-state index in [1.807, 2.05) is 11.3 Å². The Balaban J connectivity index is 1.49. The van der Waals surface area contributed by atoms with E-state index in [2.05, 4.69) is 29.3 Å². The Morgan fingerprint density at radius 3 is 2.84 bits per heavy atom. The number of hydrogen-bond donors (Lipinski definition) is 0. The monoisotopic (exact) mass is 276 g/mol. The lowest BCUT2D eigenvalue weighted by Gasteiger charge is -1.98. The lowest BCUT2D eigenvalue weighted by atomic mass is 10.1. The number of rotatable bonds is 3. The van der Waals surface area contributed by atoms with Crippen molar-refractivity contribution < 1.29 is 9.15 Å². The van der Waals surface area contributed by atoms with E-state index in [0.29, 0.717) is 17.8 Å². The highest BCUT2D eigenvalue weighted by Gasteiger charge is 2.44. The minimum Gasteiger partial charge on any atom is -0.425 e. The summed E-state index contributed by atoms with van der Waals surface area (Å²) in [5.74, 6) is 2.91. The highest BCUT2D eigenvalue weighted by Crippen LogP contribution is 2.55. The van der Waals surface area contributed by atoms with Gasteiger partial charge in [-0.3, -0.25) is 0 Å². The Labute approximate surface area is 115 Å². The molecular weight excluding hydrogens is 260 g/mol. The molecule has 2 aliphatic rings. The smallest absolute Gasteiger partial charge is 0.222 e. The Hall–Kier alpha value is -1.20. The van der Waals surface area contributed by atoms with E-state index in [1.165, 1.54) is 9.75 Å². The average molecular weight is 276 g/mol. The van der Waals surface area contributed by atoms with Crippen LogP contribution in [-0.4, -0.2) is 23.4 Å². The van der Waals surface area contributed by atoms with Gasteiger partial charge in [-0.1, -0.05) is 0 Å². The maximum atomic E-state index is 5.85. The fourth-order valence-corrected chi connectivity index (χ4v) is 3.78. The van der Waals surface area contributed by atoms with Crippen molar-refractivity contribution in [1.29, 1.82) is 0 Å². The summed E-state index contributed by atoms with van der Waals surface area (Å²) in [4.78, 5) is 2.82. The molecule has 1 saturated heterocycles. The summed E-state index contributed by atoms with van der Waals surface area (Å²) >= 11 is 1.88. The van der Waals surface area contributed by atoms with Crippen molar-refractivity contribution in [3.8, 4) is 0 Å². The first-order valence-electron chi connectivity index (χ1n) is 6.78. The van der Waals surface area contributed by atoms with Crippen LogP contribution in [0.3, 0.4) is 0 Å². The molecule has 19 heavy (non-hydrogen) atoms. The largest absolute Gasteiger partial charge is 0.425 e. The van der Waals surface area contributed by atoms with Crippen molar-refractivity contribution in [2.75, 3.05) is 13.2 Å². The van der Waals surface area contributed by atoms with Gasteiger partial charge in [0.25, 0.3) is 0 Å². The summed E-state index contributed by atoms with van der Waals surface area (Å²) in [5.41, 5.74) is 0. The molecule has 0 radical (unpaired) electrons. The van der Waals surface area contributed by atoms with E-state index < -0.39 is 0 Å². The molecule has 0 aromatic carbocycles. The second-order valence-corrected chi connectivity index (χ2v) is 6.76. The van der Waals surface area contributed by atoms with Gasteiger partial charge in [0.1, 0.15) is 0 Å². The van der Waals surface area contributed by atoms with Crippen molar-refractivity contribution in [3.05, 3.63) is 33.7 Å². The third-order valence-corrected chi connectivity index (χ3v) is 5.10. The Morgan fingerprint density at radius 2 is 2.11 bits per heavy atom. The molecule has 4 nitrogen and oxygen atoms in total. The zero-order valence-corrected chi connectivity index (χ0v) is 11.7.